The van der Waals surface area contributed by atoms with E-state index >= 15 is 0 Å². The highest BCUT2D eigenvalue weighted by molar-refractivity contribution is 5.53. The first kappa shape index (κ1) is 38.8. The van der Waals surface area contributed by atoms with Gasteiger partial charge >= 0.3 is 0 Å². The van der Waals surface area contributed by atoms with Crippen LogP contribution in [0, 0.1) is 0 Å². The number of benzene rings is 2. The summed E-state index contributed by atoms with van der Waals surface area (Å²) in [6, 6.07) is 9.92. The Kier molecular flexibility index (Phi) is 12.8. The van der Waals surface area contributed by atoms with E-state index in [1.54, 1.807) is 0 Å². The zero-order chi connectivity index (χ0) is 35.3. The molecule has 2 unspecified atom stereocenters. The van der Waals surface area contributed by atoms with E-state index < -0.39 is 0 Å². The van der Waals surface area contributed by atoms with Crippen LogP contribution in [0.4, 0.5) is 0 Å². The third-order valence-corrected chi connectivity index (χ3v) is 12.1. The first-order chi connectivity index (χ1) is 22.6. The summed E-state index contributed by atoms with van der Waals surface area (Å²) >= 11 is 0. The van der Waals surface area contributed by atoms with Crippen molar-refractivity contribution in [3.63, 3.8) is 0 Å². The first-order valence-electron chi connectivity index (χ1n) is 19.4. The van der Waals surface area contributed by atoms with Crippen LogP contribution in [0.2, 0.25) is 0 Å². The lowest BCUT2D eigenvalue weighted by Gasteiger charge is -2.34. The third-order valence-electron chi connectivity index (χ3n) is 12.1. The minimum absolute atomic E-state index is 0.0186. The number of epoxide rings is 2. The second kappa shape index (κ2) is 15.9. The number of rotatable bonds is 21. The van der Waals surface area contributed by atoms with Crippen molar-refractivity contribution in [1.29, 1.82) is 0 Å². The highest BCUT2D eigenvalue weighted by Gasteiger charge is 2.33. The summed E-state index contributed by atoms with van der Waals surface area (Å²) in [7, 11) is 0. The minimum atomic E-state index is 0.0186. The molecule has 0 aromatic heterocycles. The molecule has 2 fully saturated rings. The standard InChI is InChI=1S/C44H70O4/c1-13-41(5,6)35-25-31(26-36(42(7,8)14-2)39(35)45-23-17-19-33-29-47-33)21-22-32-27-37(43(9,10)15-3)40(38(28-32)44(11,12)16-4)46-24-18-20-34-30-48-34/h25-28,33-34H,13-24,29-30H2,1-12H3. The van der Waals surface area contributed by atoms with Gasteiger partial charge in [-0.25, -0.2) is 0 Å². The Bertz CT molecular complexity index is 1160. The molecule has 0 spiro atoms. The molecule has 2 heterocycles. The predicted molar refractivity (Wildman–Crippen MR) is 202 cm³/mol. The lowest BCUT2D eigenvalue weighted by molar-refractivity contribution is 0.277. The molecule has 2 saturated heterocycles. The fourth-order valence-corrected chi connectivity index (χ4v) is 6.48. The van der Waals surface area contributed by atoms with Gasteiger partial charge in [0.25, 0.3) is 0 Å². The van der Waals surface area contributed by atoms with Crippen molar-refractivity contribution < 1.29 is 18.9 Å². The Morgan fingerprint density at radius 3 is 1.02 bits per heavy atom. The molecule has 4 heteroatoms. The maximum Gasteiger partial charge on any atom is 0.126 e. The van der Waals surface area contributed by atoms with Crippen molar-refractivity contribution >= 4 is 0 Å². The zero-order valence-electron chi connectivity index (χ0n) is 33.0. The lowest BCUT2D eigenvalue weighted by atomic mass is 9.73. The van der Waals surface area contributed by atoms with E-state index in [2.05, 4.69) is 107 Å². The second-order valence-corrected chi connectivity index (χ2v) is 17.4. The molecule has 48 heavy (non-hydrogen) atoms. The normalized spacial score (nSPS) is 18.2. The summed E-state index contributed by atoms with van der Waals surface area (Å²) in [6.07, 6.45) is 11.4. The molecule has 2 atom stereocenters. The maximum absolute atomic E-state index is 6.77. The summed E-state index contributed by atoms with van der Waals surface area (Å²) in [6.45, 7) is 31.6. The van der Waals surface area contributed by atoms with Crippen LogP contribution in [0.15, 0.2) is 24.3 Å². The van der Waals surface area contributed by atoms with Gasteiger partial charge < -0.3 is 18.9 Å². The SMILES string of the molecule is CCC(C)(C)c1cc(CCc2cc(C(C)(C)CC)c(OCCCC3CO3)c(C(C)(C)CC)c2)cc(C(C)(C)CC)c1OCCCC1CO1. The Hall–Kier alpha value is -2.04. The van der Waals surface area contributed by atoms with Crippen molar-refractivity contribution in [3.8, 4) is 11.5 Å². The maximum atomic E-state index is 6.77. The molecule has 0 N–H and O–H groups in total. The van der Waals surface area contributed by atoms with Crippen LogP contribution in [0.5, 0.6) is 11.5 Å². The van der Waals surface area contributed by atoms with Gasteiger partial charge in [-0.15, -0.1) is 0 Å². The van der Waals surface area contributed by atoms with Crippen LogP contribution in [0.1, 0.15) is 168 Å². The van der Waals surface area contributed by atoms with E-state index in [0.29, 0.717) is 12.2 Å². The van der Waals surface area contributed by atoms with Gasteiger partial charge in [0.1, 0.15) is 11.5 Å². The van der Waals surface area contributed by atoms with Crippen molar-refractivity contribution in [1.82, 2.24) is 0 Å². The van der Waals surface area contributed by atoms with Gasteiger partial charge in [0.2, 0.25) is 0 Å². The summed E-state index contributed by atoms with van der Waals surface area (Å²) in [5, 5.41) is 0. The van der Waals surface area contributed by atoms with Gasteiger partial charge in [-0.3, -0.25) is 0 Å². The number of aryl methyl sites for hydroxylation is 2. The quantitative estimate of drug-likeness (QED) is 0.0985. The molecular weight excluding hydrogens is 592 g/mol. The molecule has 270 valence electrons. The Labute approximate surface area is 295 Å². The molecule has 0 amide bonds. The predicted octanol–water partition coefficient (Wildman–Crippen LogP) is 11.3. The Morgan fingerprint density at radius 1 is 0.521 bits per heavy atom. The van der Waals surface area contributed by atoms with E-state index in [-0.39, 0.29) is 21.7 Å². The van der Waals surface area contributed by atoms with Crippen LogP contribution in [0.3, 0.4) is 0 Å². The van der Waals surface area contributed by atoms with Crippen molar-refractivity contribution in [3.05, 3.63) is 57.6 Å². The first-order valence-corrected chi connectivity index (χ1v) is 19.4. The smallest absolute Gasteiger partial charge is 0.126 e. The largest absolute Gasteiger partial charge is 0.493 e. The van der Waals surface area contributed by atoms with E-state index in [0.717, 1.165) is 102 Å². The summed E-state index contributed by atoms with van der Waals surface area (Å²) in [4.78, 5) is 0. The zero-order valence-corrected chi connectivity index (χ0v) is 33.0. The monoisotopic (exact) mass is 663 g/mol. The molecular formula is C44H70O4. The molecule has 0 bridgehead atoms. The topological polar surface area (TPSA) is 43.5 Å². The van der Waals surface area contributed by atoms with E-state index in [9.17, 15) is 0 Å². The molecule has 2 aliphatic heterocycles. The number of ether oxygens (including phenoxy) is 4. The molecule has 0 saturated carbocycles. The van der Waals surface area contributed by atoms with Gasteiger partial charge in [-0.05, 0) is 97.0 Å². The van der Waals surface area contributed by atoms with Crippen LogP contribution in [-0.4, -0.2) is 38.6 Å². The highest BCUT2D eigenvalue weighted by atomic mass is 16.6. The summed E-state index contributed by atoms with van der Waals surface area (Å²) in [5.41, 5.74) is 8.36. The van der Waals surface area contributed by atoms with Crippen LogP contribution in [-0.2, 0) is 44.0 Å². The Morgan fingerprint density at radius 2 is 0.792 bits per heavy atom. The van der Waals surface area contributed by atoms with Gasteiger partial charge in [0.05, 0.1) is 38.6 Å². The third kappa shape index (κ3) is 9.81. The van der Waals surface area contributed by atoms with E-state index in [4.69, 9.17) is 18.9 Å². The fraction of sp³-hybridized carbons (Fsp3) is 0.727. The van der Waals surface area contributed by atoms with Crippen molar-refractivity contribution in [2.75, 3.05) is 26.4 Å². The van der Waals surface area contributed by atoms with Crippen LogP contribution in [0.25, 0.3) is 0 Å². The molecule has 2 aromatic rings. The Balaban J connectivity index is 1.71. The van der Waals surface area contributed by atoms with Crippen molar-refractivity contribution in [2.24, 2.45) is 0 Å². The van der Waals surface area contributed by atoms with E-state index in [1.165, 1.54) is 33.4 Å². The molecule has 4 rings (SSSR count). The molecule has 0 radical (unpaired) electrons. The van der Waals surface area contributed by atoms with E-state index in [1.807, 2.05) is 0 Å². The highest BCUT2D eigenvalue weighted by Crippen LogP contribution is 2.45. The van der Waals surface area contributed by atoms with Crippen LogP contribution < -0.4 is 9.47 Å². The molecule has 4 nitrogen and oxygen atoms in total. The summed E-state index contributed by atoms with van der Waals surface area (Å²) < 4.78 is 24.5. The second-order valence-electron chi connectivity index (χ2n) is 17.4. The molecule has 2 aliphatic rings. The molecule has 2 aromatic carbocycles. The van der Waals surface area contributed by atoms with Gasteiger partial charge in [0, 0.05) is 22.3 Å². The lowest BCUT2D eigenvalue weighted by Crippen LogP contribution is -2.24. The molecule has 0 aliphatic carbocycles. The average molecular weight is 663 g/mol. The van der Waals surface area contributed by atoms with Gasteiger partial charge in [0.15, 0.2) is 0 Å². The fourth-order valence-electron chi connectivity index (χ4n) is 6.48. The summed E-state index contributed by atoms with van der Waals surface area (Å²) in [5.74, 6) is 2.26. The number of hydrogen-bond donors (Lipinski definition) is 0. The minimum Gasteiger partial charge on any atom is -0.493 e. The van der Waals surface area contributed by atoms with Gasteiger partial charge in [-0.2, -0.15) is 0 Å². The average Bonchev–Trinajstić information content (AvgIpc) is 4.00. The van der Waals surface area contributed by atoms with Crippen molar-refractivity contribution in [2.45, 2.75) is 181 Å². The van der Waals surface area contributed by atoms with Crippen LogP contribution >= 0.6 is 0 Å². The van der Waals surface area contributed by atoms with Gasteiger partial charge in [-0.1, -0.05) is 107 Å². The number of hydrogen-bond acceptors (Lipinski definition) is 4.